The molecule has 0 unspecified atom stereocenters. The van der Waals surface area contributed by atoms with Crippen molar-refractivity contribution in [3.63, 3.8) is 0 Å². The van der Waals surface area contributed by atoms with Crippen LogP contribution in [0.15, 0.2) is 48.5 Å². The number of hydrogen-bond acceptors (Lipinski definition) is 10. The van der Waals surface area contributed by atoms with Crippen molar-refractivity contribution in [2.45, 2.75) is 94.8 Å². The molecule has 0 bridgehead atoms. The molecule has 2 aliphatic carbocycles. The van der Waals surface area contributed by atoms with Gasteiger partial charge in [0.25, 0.3) is 11.8 Å². The maximum Gasteiger partial charge on any atom is 0.268 e. The summed E-state index contributed by atoms with van der Waals surface area (Å²) in [5.74, 6) is -2.66. The number of aromatic nitrogens is 2. The number of rotatable bonds is 20. The molecule has 69 heavy (non-hydrogen) atoms. The van der Waals surface area contributed by atoms with Crippen molar-refractivity contribution >= 4 is 92.0 Å². The first-order valence-electron chi connectivity index (χ1n) is 23.6. The number of carbonyl (C=O) groups is 8. The minimum absolute atomic E-state index is 0.00519. The molecular weight excluding hydrogens is 931 g/mol. The predicted octanol–water partition coefficient (Wildman–Crippen LogP) is 4.18. The Kier molecular flexibility index (Phi) is 17.2. The third-order valence-electron chi connectivity index (χ3n) is 13.6. The van der Waals surface area contributed by atoms with Gasteiger partial charge in [0.05, 0.1) is 38.1 Å². The zero-order chi connectivity index (χ0) is 49.2. The predicted molar refractivity (Wildman–Crippen MR) is 258 cm³/mol. The first kappa shape index (κ1) is 50.7. The summed E-state index contributed by atoms with van der Waals surface area (Å²) in [5, 5.41) is 18.3. The van der Waals surface area contributed by atoms with E-state index < -0.39 is 47.8 Å². The van der Waals surface area contributed by atoms with Crippen molar-refractivity contribution in [2.75, 3.05) is 39.1 Å². The first-order valence-corrected chi connectivity index (χ1v) is 24.7. The molecule has 8 rings (SSSR count). The van der Waals surface area contributed by atoms with Gasteiger partial charge in [0.15, 0.2) is 11.6 Å². The van der Waals surface area contributed by atoms with E-state index in [0.29, 0.717) is 48.8 Å². The van der Waals surface area contributed by atoms with Crippen molar-refractivity contribution in [3.8, 4) is 11.5 Å². The van der Waals surface area contributed by atoms with Gasteiger partial charge in [-0.1, -0.05) is 31.4 Å². The van der Waals surface area contributed by atoms with E-state index in [9.17, 15) is 38.4 Å². The summed E-state index contributed by atoms with van der Waals surface area (Å²) in [4.78, 5) is 108. The van der Waals surface area contributed by atoms with Gasteiger partial charge >= 0.3 is 0 Å². The van der Waals surface area contributed by atoms with Crippen molar-refractivity contribution < 1.29 is 47.8 Å². The molecule has 0 spiro atoms. The zero-order valence-electron chi connectivity index (χ0n) is 38.7. The fraction of sp³-hybridized carbons (Fsp3) is 0.510. The summed E-state index contributed by atoms with van der Waals surface area (Å²) in [5.41, 5.74) is 2.12. The molecule has 4 heterocycles. The molecule has 4 aliphatic rings. The Morgan fingerprint density at radius 1 is 0.594 bits per heavy atom. The number of benzene rings is 2. The molecule has 0 radical (unpaired) electrons. The third-order valence-corrected chi connectivity index (χ3v) is 14.1. The third kappa shape index (κ3) is 12.6. The molecule has 20 heteroatoms. The van der Waals surface area contributed by atoms with E-state index in [1.807, 2.05) is 30.3 Å². The number of carbonyl (C=O) groups excluding carboxylic acids is 8. The minimum Gasteiger partial charge on any atom is -0.496 e. The number of nitrogens with one attached hydrogen (secondary N) is 8. The highest BCUT2D eigenvalue weighted by atomic mass is 35.5. The second-order valence-corrected chi connectivity index (χ2v) is 18.7. The average molecular weight is 992 g/mol. The summed E-state index contributed by atoms with van der Waals surface area (Å²) in [6.45, 7) is 1.10. The average Bonchev–Trinajstić information content (AvgIpc) is 3.62. The Bertz CT molecular complexity index is 2550. The standard InChI is InChI=1S/C26H33ClN4O5.C23H27ClN4O5/c1-36-22-9-5-8-18-17(22)13-20(29-18)25(34)31-23(15-6-3-2-4-7-15)26(35)30-19(21(32)14-27)12-16-10-11-28-24(16)33;1-33-19-4-2-3-15-14(19)10-17(26-15)22(31)28-20(12-5-6-12)23(32)27-16(18(29)11-24)9-13-7-8-25-21(13)30/h5,8-9,13,15-16,19,23,29H,2-4,6-7,10-12,14H2,1H3,(H,28,33)(H,30,35)(H,31,34);2-4,10,12-13,16,20,26H,5-9,11H2,1H3,(H,25,30)(H,27,32)(H,28,31)/t16-,19-,23-;13-,16-,20-/m00/s1. The number of alkyl halides is 2. The quantitative estimate of drug-likeness (QED) is 0.0586. The van der Waals surface area contributed by atoms with Crippen molar-refractivity contribution in [2.24, 2.45) is 23.7 Å². The number of ketones is 2. The van der Waals surface area contributed by atoms with Gasteiger partial charge in [-0.3, -0.25) is 38.4 Å². The van der Waals surface area contributed by atoms with Crippen LogP contribution in [0.3, 0.4) is 0 Å². The lowest BCUT2D eigenvalue weighted by atomic mass is 9.83. The lowest BCUT2D eigenvalue weighted by Gasteiger charge is -2.31. The summed E-state index contributed by atoms with van der Waals surface area (Å²) in [6, 6.07) is 11.0. The van der Waals surface area contributed by atoms with Crippen LogP contribution >= 0.6 is 23.2 Å². The molecule has 2 aromatic heterocycles. The number of H-pyrrole nitrogens is 2. The second-order valence-electron chi connectivity index (χ2n) is 18.2. The van der Waals surface area contributed by atoms with Crippen molar-refractivity contribution in [1.29, 1.82) is 0 Å². The molecule has 8 N–H and O–H groups in total. The van der Waals surface area contributed by atoms with Gasteiger partial charge in [-0.25, -0.2) is 0 Å². The lowest BCUT2D eigenvalue weighted by Crippen LogP contribution is -2.55. The second kappa shape index (κ2) is 23.4. The van der Waals surface area contributed by atoms with Crippen LogP contribution in [0.2, 0.25) is 0 Å². The summed E-state index contributed by atoms with van der Waals surface area (Å²) >= 11 is 11.6. The van der Waals surface area contributed by atoms with Crippen molar-refractivity contribution in [1.82, 2.24) is 41.9 Å². The van der Waals surface area contributed by atoms with E-state index in [1.165, 1.54) is 0 Å². The van der Waals surface area contributed by atoms with Crippen LogP contribution in [-0.4, -0.2) is 120 Å². The van der Waals surface area contributed by atoms with E-state index >= 15 is 0 Å². The molecule has 370 valence electrons. The molecule has 4 aromatic rings. The number of aromatic amines is 2. The van der Waals surface area contributed by atoms with Gasteiger partial charge in [-0.2, -0.15) is 0 Å². The molecule has 6 atom stereocenters. The van der Waals surface area contributed by atoms with Crippen LogP contribution in [0.25, 0.3) is 21.8 Å². The number of fused-ring (bicyclic) bond motifs is 2. The zero-order valence-corrected chi connectivity index (χ0v) is 40.2. The molecular formula is C49H60Cl2N8O10. The van der Waals surface area contributed by atoms with Crippen LogP contribution in [0.1, 0.15) is 91.6 Å². The van der Waals surface area contributed by atoms with Gasteiger partial charge in [0, 0.05) is 46.7 Å². The van der Waals surface area contributed by atoms with Crippen molar-refractivity contribution in [3.05, 3.63) is 59.9 Å². The Morgan fingerprint density at radius 2 is 1.01 bits per heavy atom. The number of methoxy groups -OCH3 is 2. The Hall–Kier alpha value is -6.14. The smallest absolute Gasteiger partial charge is 0.268 e. The molecule has 2 aromatic carbocycles. The molecule has 2 saturated carbocycles. The summed E-state index contributed by atoms with van der Waals surface area (Å²) in [7, 11) is 3.13. The number of Topliss-reactive ketones (excluding diaryl/α,β-unsaturated/α-hetero) is 2. The highest BCUT2D eigenvalue weighted by molar-refractivity contribution is 6.29. The summed E-state index contributed by atoms with van der Waals surface area (Å²) < 4.78 is 10.7. The fourth-order valence-corrected chi connectivity index (χ4v) is 9.92. The van der Waals surface area contributed by atoms with Crippen LogP contribution in [0, 0.1) is 23.7 Å². The van der Waals surface area contributed by atoms with Crippen LogP contribution in [0.5, 0.6) is 11.5 Å². The highest BCUT2D eigenvalue weighted by Gasteiger charge is 2.40. The molecule has 18 nitrogen and oxygen atoms in total. The highest BCUT2D eigenvalue weighted by Crippen LogP contribution is 2.34. The van der Waals surface area contributed by atoms with E-state index in [-0.39, 0.29) is 71.7 Å². The lowest BCUT2D eigenvalue weighted by molar-refractivity contribution is -0.130. The Balaban J connectivity index is 0.000000205. The normalized spacial score (nSPS) is 19.8. The maximum absolute atomic E-state index is 13.5. The number of amides is 6. The van der Waals surface area contributed by atoms with Crippen LogP contribution in [0.4, 0.5) is 0 Å². The summed E-state index contributed by atoms with van der Waals surface area (Å²) in [6.07, 6.45) is 7.84. The fourth-order valence-electron chi connectivity index (χ4n) is 9.55. The van der Waals surface area contributed by atoms with Gasteiger partial charge in [-0.05, 0) is 99.6 Å². The Labute approximate surface area is 409 Å². The van der Waals surface area contributed by atoms with E-state index in [1.54, 1.807) is 32.4 Å². The first-order chi connectivity index (χ1) is 33.3. The van der Waals surface area contributed by atoms with E-state index in [2.05, 4.69) is 41.9 Å². The SMILES string of the molecule is COc1cccc2[nH]c(C(=O)N[C@H](C(=O)N[C@@H](C[C@@H]3CCNC3=O)C(=O)CCl)C3CC3)cc12.COc1cccc2[nH]c(C(=O)N[C@H](C(=O)N[C@@H](C[C@@H]3CCNC3=O)C(=O)CCl)C3CCCCC3)cc12. The van der Waals surface area contributed by atoms with Gasteiger partial charge < -0.3 is 51.3 Å². The van der Waals surface area contributed by atoms with Gasteiger partial charge in [-0.15, -0.1) is 23.2 Å². The molecule has 6 amide bonds. The number of hydrogen-bond donors (Lipinski definition) is 8. The molecule has 2 aliphatic heterocycles. The molecule has 2 saturated heterocycles. The number of ether oxygens (including phenoxy) is 2. The van der Waals surface area contributed by atoms with E-state index in [4.69, 9.17) is 32.7 Å². The minimum atomic E-state index is -0.885. The number of halogens is 2. The maximum atomic E-state index is 13.5. The monoisotopic (exact) mass is 990 g/mol. The van der Waals surface area contributed by atoms with Gasteiger partial charge in [0.2, 0.25) is 23.6 Å². The van der Waals surface area contributed by atoms with Crippen LogP contribution in [-0.2, 0) is 28.8 Å². The largest absolute Gasteiger partial charge is 0.496 e. The Morgan fingerprint density at radius 3 is 1.38 bits per heavy atom. The van der Waals surface area contributed by atoms with Gasteiger partial charge in [0.1, 0.15) is 35.0 Å². The van der Waals surface area contributed by atoms with E-state index in [0.717, 1.165) is 66.8 Å². The molecule has 4 fully saturated rings. The van der Waals surface area contributed by atoms with Crippen LogP contribution < -0.4 is 41.4 Å². The topological polar surface area (TPSA) is 259 Å².